The predicted octanol–water partition coefficient (Wildman–Crippen LogP) is 3.69. The topological polar surface area (TPSA) is 51.1 Å². The fourth-order valence-electron chi connectivity index (χ4n) is 2.28. The summed E-state index contributed by atoms with van der Waals surface area (Å²) in [6, 6.07) is 10.8. The van der Waals surface area contributed by atoms with Crippen LogP contribution in [0.5, 0.6) is 0 Å². The molecule has 21 heavy (non-hydrogen) atoms. The van der Waals surface area contributed by atoms with E-state index < -0.39 is 0 Å². The summed E-state index contributed by atoms with van der Waals surface area (Å²) in [5.74, 6) is -0.202. The Morgan fingerprint density at radius 3 is 2.71 bits per heavy atom. The van der Waals surface area contributed by atoms with Gasteiger partial charge in [-0.25, -0.2) is 0 Å². The first-order chi connectivity index (χ1) is 10.1. The van der Waals surface area contributed by atoms with E-state index in [2.05, 4.69) is 5.32 Å². The van der Waals surface area contributed by atoms with Crippen molar-refractivity contribution >= 4 is 38.9 Å². The summed E-state index contributed by atoms with van der Waals surface area (Å²) in [6.07, 6.45) is 0. The smallest absolute Gasteiger partial charge is 0.272 e. The van der Waals surface area contributed by atoms with Crippen molar-refractivity contribution in [2.75, 3.05) is 5.32 Å². The van der Waals surface area contributed by atoms with Gasteiger partial charge >= 0.3 is 0 Å². The molecule has 4 nitrogen and oxygen atoms in total. The van der Waals surface area contributed by atoms with Gasteiger partial charge in [0.1, 0.15) is 5.69 Å². The van der Waals surface area contributed by atoms with Crippen LogP contribution in [-0.2, 0) is 7.05 Å². The van der Waals surface area contributed by atoms with Gasteiger partial charge in [-0.2, -0.15) is 0 Å². The van der Waals surface area contributed by atoms with Gasteiger partial charge in [0.05, 0.1) is 10.2 Å². The van der Waals surface area contributed by atoms with E-state index in [1.165, 1.54) is 6.92 Å². The molecule has 0 saturated heterocycles. The highest BCUT2D eigenvalue weighted by Gasteiger charge is 2.14. The van der Waals surface area contributed by atoms with Crippen molar-refractivity contribution in [3.63, 3.8) is 0 Å². The van der Waals surface area contributed by atoms with E-state index in [4.69, 9.17) is 0 Å². The van der Waals surface area contributed by atoms with Gasteiger partial charge in [0.2, 0.25) is 0 Å². The monoisotopic (exact) mass is 298 g/mol. The zero-order valence-electron chi connectivity index (χ0n) is 11.7. The van der Waals surface area contributed by atoms with Crippen molar-refractivity contribution in [1.82, 2.24) is 4.57 Å². The van der Waals surface area contributed by atoms with Crippen LogP contribution in [0, 0.1) is 0 Å². The van der Waals surface area contributed by atoms with E-state index in [0.717, 1.165) is 10.2 Å². The molecule has 3 rings (SSSR count). The third-order valence-electron chi connectivity index (χ3n) is 3.42. The highest BCUT2D eigenvalue weighted by atomic mass is 32.1. The van der Waals surface area contributed by atoms with Gasteiger partial charge in [0.15, 0.2) is 5.78 Å². The molecule has 0 aliphatic carbocycles. The zero-order chi connectivity index (χ0) is 15.0. The molecule has 106 valence electrons. The molecule has 1 N–H and O–H groups in total. The molecule has 0 spiro atoms. The number of carbonyl (C=O) groups is 2. The van der Waals surface area contributed by atoms with Gasteiger partial charge in [0, 0.05) is 18.3 Å². The molecule has 0 bridgehead atoms. The number of rotatable bonds is 3. The number of carbonyl (C=O) groups excluding carboxylic acids is 2. The number of ketones is 1. The number of aryl methyl sites for hydroxylation is 1. The lowest BCUT2D eigenvalue weighted by Gasteiger charge is -2.07. The Kier molecular flexibility index (Phi) is 3.35. The van der Waals surface area contributed by atoms with E-state index >= 15 is 0 Å². The fourth-order valence-corrected chi connectivity index (χ4v) is 3.13. The Labute approximate surface area is 126 Å². The van der Waals surface area contributed by atoms with Crippen LogP contribution < -0.4 is 5.32 Å². The molecule has 0 radical (unpaired) electrons. The number of nitrogens with one attached hydrogen (secondary N) is 1. The van der Waals surface area contributed by atoms with Crippen LogP contribution in [0.1, 0.15) is 27.8 Å². The van der Waals surface area contributed by atoms with E-state index in [1.807, 2.05) is 29.1 Å². The maximum atomic E-state index is 12.4. The molecule has 0 aliphatic rings. The van der Waals surface area contributed by atoms with E-state index in [0.29, 0.717) is 16.9 Å². The van der Waals surface area contributed by atoms with Crippen molar-refractivity contribution in [2.24, 2.45) is 7.05 Å². The molecule has 2 aromatic heterocycles. The van der Waals surface area contributed by atoms with Crippen molar-refractivity contribution in [3.05, 3.63) is 53.0 Å². The van der Waals surface area contributed by atoms with Crippen LogP contribution in [0.15, 0.2) is 41.8 Å². The molecule has 1 amide bonds. The number of amides is 1. The maximum Gasteiger partial charge on any atom is 0.272 e. The molecular weight excluding hydrogens is 284 g/mol. The van der Waals surface area contributed by atoms with Crippen LogP contribution in [0.25, 0.3) is 10.2 Å². The molecule has 0 saturated carbocycles. The molecule has 3 aromatic rings. The number of hydrogen-bond donors (Lipinski definition) is 1. The van der Waals surface area contributed by atoms with E-state index in [1.54, 1.807) is 35.6 Å². The highest BCUT2D eigenvalue weighted by Crippen LogP contribution is 2.24. The zero-order valence-corrected chi connectivity index (χ0v) is 12.5. The predicted molar refractivity (Wildman–Crippen MR) is 85.2 cm³/mol. The summed E-state index contributed by atoms with van der Waals surface area (Å²) in [5, 5.41) is 4.84. The standard InChI is InChI=1S/C16H14N2O2S/c1-10(19)11-4-3-5-12(8-11)17-16(20)14-9-15-13(18(14)2)6-7-21-15/h3-9H,1-2H3,(H,17,20). The second-order valence-corrected chi connectivity index (χ2v) is 5.80. The number of anilines is 1. The molecule has 1 aromatic carbocycles. The van der Waals surface area contributed by atoms with Gasteiger partial charge in [-0.3, -0.25) is 9.59 Å². The summed E-state index contributed by atoms with van der Waals surface area (Å²) in [6.45, 7) is 1.51. The van der Waals surface area contributed by atoms with Crippen molar-refractivity contribution in [3.8, 4) is 0 Å². The Morgan fingerprint density at radius 2 is 2.00 bits per heavy atom. The summed E-state index contributed by atoms with van der Waals surface area (Å²) in [4.78, 5) is 23.7. The molecule has 2 heterocycles. The summed E-state index contributed by atoms with van der Waals surface area (Å²) in [5.41, 5.74) is 2.85. The number of nitrogens with zero attached hydrogens (tertiary/aromatic N) is 1. The van der Waals surface area contributed by atoms with Crippen LogP contribution in [0.4, 0.5) is 5.69 Å². The minimum absolute atomic E-state index is 0.0227. The minimum atomic E-state index is -0.179. The lowest BCUT2D eigenvalue weighted by atomic mass is 10.1. The highest BCUT2D eigenvalue weighted by molar-refractivity contribution is 7.17. The van der Waals surface area contributed by atoms with Crippen LogP contribution in [0.3, 0.4) is 0 Å². The van der Waals surface area contributed by atoms with E-state index in [-0.39, 0.29) is 11.7 Å². The quantitative estimate of drug-likeness (QED) is 0.750. The third-order valence-corrected chi connectivity index (χ3v) is 4.28. The van der Waals surface area contributed by atoms with Gasteiger partial charge in [-0.1, -0.05) is 12.1 Å². The second kappa shape index (κ2) is 5.18. The molecule has 0 fully saturated rings. The number of Topliss-reactive ketones (excluding diaryl/α,β-unsaturated/α-hetero) is 1. The van der Waals surface area contributed by atoms with Crippen molar-refractivity contribution < 1.29 is 9.59 Å². The molecular formula is C16H14N2O2S. The second-order valence-electron chi connectivity index (χ2n) is 4.85. The molecule has 5 heteroatoms. The number of thiophene rings is 1. The number of hydrogen-bond acceptors (Lipinski definition) is 3. The van der Waals surface area contributed by atoms with Crippen molar-refractivity contribution in [2.45, 2.75) is 6.92 Å². The minimum Gasteiger partial charge on any atom is -0.339 e. The number of benzene rings is 1. The number of aromatic nitrogens is 1. The van der Waals surface area contributed by atoms with Gasteiger partial charge < -0.3 is 9.88 Å². The average Bonchev–Trinajstić information content (AvgIpc) is 3.02. The van der Waals surface area contributed by atoms with Crippen LogP contribution in [-0.4, -0.2) is 16.3 Å². The first-order valence-electron chi connectivity index (χ1n) is 6.51. The Bertz CT molecular complexity index is 845. The SMILES string of the molecule is CC(=O)c1cccc(NC(=O)c2cc3sccc3n2C)c1. The largest absolute Gasteiger partial charge is 0.339 e. The Morgan fingerprint density at radius 1 is 1.19 bits per heavy atom. The lowest BCUT2D eigenvalue weighted by Crippen LogP contribution is -2.15. The number of fused-ring (bicyclic) bond motifs is 1. The fraction of sp³-hybridized carbons (Fsp3) is 0.125. The van der Waals surface area contributed by atoms with Gasteiger partial charge in [-0.15, -0.1) is 11.3 Å². The first kappa shape index (κ1) is 13.6. The molecule has 0 unspecified atom stereocenters. The summed E-state index contributed by atoms with van der Waals surface area (Å²) < 4.78 is 2.95. The Balaban J connectivity index is 1.89. The van der Waals surface area contributed by atoms with Crippen LogP contribution in [0.2, 0.25) is 0 Å². The van der Waals surface area contributed by atoms with Crippen molar-refractivity contribution in [1.29, 1.82) is 0 Å². The van der Waals surface area contributed by atoms with Crippen LogP contribution >= 0.6 is 11.3 Å². The van der Waals surface area contributed by atoms with E-state index in [9.17, 15) is 9.59 Å². The summed E-state index contributed by atoms with van der Waals surface area (Å²) in [7, 11) is 1.87. The summed E-state index contributed by atoms with van der Waals surface area (Å²) >= 11 is 1.61. The first-order valence-corrected chi connectivity index (χ1v) is 7.39. The lowest BCUT2D eigenvalue weighted by molar-refractivity contribution is 0.100. The maximum absolute atomic E-state index is 12.4. The average molecular weight is 298 g/mol. The normalized spacial score (nSPS) is 10.8. The van der Waals surface area contributed by atoms with Gasteiger partial charge in [0.25, 0.3) is 5.91 Å². The molecule has 0 atom stereocenters. The van der Waals surface area contributed by atoms with Gasteiger partial charge in [-0.05, 0) is 36.6 Å². The molecule has 0 aliphatic heterocycles. The Hall–Kier alpha value is -2.40. The third kappa shape index (κ3) is 2.48.